The molecule has 11 heteroatoms. The van der Waals surface area contributed by atoms with E-state index in [1.54, 1.807) is 19.1 Å². The van der Waals surface area contributed by atoms with Crippen LogP contribution in [0.3, 0.4) is 0 Å². The zero-order valence-corrected chi connectivity index (χ0v) is 18.8. The van der Waals surface area contributed by atoms with Gasteiger partial charge >= 0.3 is 5.97 Å². The predicted molar refractivity (Wildman–Crippen MR) is 115 cm³/mol. The maximum absolute atomic E-state index is 12.8. The summed E-state index contributed by atoms with van der Waals surface area (Å²) in [4.78, 5) is 24.7. The van der Waals surface area contributed by atoms with Gasteiger partial charge in [-0.15, -0.1) is 0 Å². The molecule has 176 valence electrons. The molecule has 2 aromatic rings. The average Bonchev–Trinajstić information content (AvgIpc) is 3.31. The van der Waals surface area contributed by atoms with E-state index in [1.165, 1.54) is 28.6 Å². The van der Waals surface area contributed by atoms with Gasteiger partial charge in [0.25, 0.3) is 5.91 Å². The Morgan fingerprint density at radius 2 is 1.85 bits per heavy atom. The normalized spacial score (nSPS) is 16.8. The molecule has 1 N–H and O–H groups in total. The van der Waals surface area contributed by atoms with Crippen molar-refractivity contribution in [1.29, 1.82) is 0 Å². The number of nitrogens with one attached hydrogen (secondary N) is 1. The van der Waals surface area contributed by atoms with Crippen molar-refractivity contribution in [3.63, 3.8) is 0 Å². The SMILES string of the molecule is C[C@H](NC(=O)COC(=O)c1cccc(S(=O)(=O)N2CCOCC2)c1)c1ccc2c(c1)OCO2. The van der Waals surface area contributed by atoms with Crippen LogP contribution in [0.2, 0.25) is 0 Å². The largest absolute Gasteiger partial charge is 0.454 e. The van der Waals surface area contributed by atoms with Crippen LogP contribution in [0.25, 0.3) is 0 Å². The second kappa shape index (κ2) is 9.77. The van der Waals surface area contributed by atoms with Gasteiger partial charge in [-0.2, -0.15) is 4.31 Å². The van der Waals surface area contributed by atoms with E-state index in [1.807, 2.05) is 6.07 Å². The molecule has 2 heterocycles. The second-order valence-electron chi connectivity index (χ2n) is 7.52. The van der Waals surface area contributed by atoms with Gasteiger partial charge in [0.15, 0.2) is 18.1 Å². The van der Waals surface area contributed by atoms with Crippen molar-refractivity contribution in [2.75, 3.05) is 39.7 Å². The summed E-state index contributed by atoms with van der Waals surface area (Å²) in [6.45, 7) is 2.58. The number of morpholine rings is 1. The lowest BCUT2D eigenvalue weighted by molar-refractivity contribution is -0.124. The van der Waals surface area contributed by atoms with E-state index in [-0.39, 0.29) is 36.4 Å². The van der Waals surface area contributed by atoms with E-state index < -0.39 is 28.5 Å². The third-order valence-electron chi connectivity index (χ3n) is 5.29. The van der Waals surface area contributed by atoms with Gasteiger partial charge in [-0.05, 0) is 42.8 Å². The molecule has 4 rings (SSSR count). The van der Waals surface area contributed by atoms with Gasteiger partial charge < -0.3 is 24.3 Å². The molecule has 2 aliphatic rings. The lowest BCUT2D eigenvalue weighted by Crippen LogP contribution is -2.40. The number of esters is 1. The Hall–Kier alpha value is -3.15. The van der Waals surface area contributed by atoms with Crippen LogP contribution in [0.5, 0.6) is 11.5 Å². The second-order valence-corrected chi connectivity index (χ2v) is 9.46. The molecule has 0 saturated carbocycles. The minimum absolute atomic E-state index is 0.0141. The van der Waals surface area contributed by atoms with Gasteiger partial charge in [0.1, 0.15) is 0 Å². The zero-order valence-electron chi connectivity index (χ0n) is 18.0. The number of sulfonamides is 1. The Labute approximate surface area is 191 Å². The maximum atomic E-state index is 12.8. The van der Waals surface area contributed by atoms with Crippen molar-refractivity contribution in [2.45, 2.75) is 17.9 Å². The first kappa shape index (κ1) is 23.0. The van der Waals surface area contributed by atoms with Crippen molar-refractivity contribution in [3.05, 3.63) is 53.6 Å². The van der Waals surface area contributed by atoms with Gasteiger partial charge in [0, 0.05) is 13.1 Å². The number of rotatable bonds is 7. The fourth-order valence-electron chi connectivity index (χ4n) is 3.48. The Bertz CT molecular complexity index is 1140. The van der Waals surface area contributed by atoms with Gasteiger partial charge in [0.05, 0.1) is 29.7 Å². The van der Waals surface area contributed by atoms with E-state index in [2.05, 4.69) is 5.32 Å². The maximum Gasteiger partial charge on any atom is 0.338 e. The van der Waals surface area contributed by atoms with Crippen molar-refractivity contribution in [2.24, 2.45) is 0 Å². The molecular formula is C22H24N2O8S. The third kappa shape index (κ3) is 5.27. The molecule has 0 spiro atoms. The standard InChI is InChI=1S/C22H24N2O8S/c1-15(16-5-6-19-20(12-16)32-14-31-19)23-21(25)13-30-22(26)17-3-2-4-18(11-17)33(27,28)24-7-9-29-10-8-24/h2-6,11-12,15H,7-10,13-14H2,1H3,(H,23,25)/t15-/m0/s1. The number of fused-ring (bicyclic) bond motifs is 1. The number of nitrogens with zero attached hydrogens (tertiary/aromatic N) is 1. The molecule has 2 aliphatic heterocycles. The van der Waals surface area contributed by atoms with Crippen LogP contribution in [-0.2, 0) is 24.3 Å². The molecule has 1 saturated heterocycles. The van der Waals surface area contributed by atoms with E-state index in [4.69, 9.17) is 18.9 Å². The van der Waals surface area contributed by atoms with Crippen LogP contribution in [-0.4, -0.2) is 64.3 Å². The fraction of sp³-hybridized carbons (Fsp3) is 0.364. The number of hydrogen-bond acceptors (Lipinski definition) is 8. The Kier molecular flexibility index (Phi) is 6.82. The summed E-state index contributed by atoms with van der Waals surface area (Å²) in [5, 5.41) is 2.75. The highest BCUT2D eigenvalue weighted by Crippen LogP contribution is 2.34. The first-order chi connectivity index (χ1) is 15.8. The highest BCUT2D eigenvalue weighted by molar-refractivity contribution is 7.89. The monoisotopic (exact) mass is 476 g/mol. The summed E-state index contributed by atoms with van der Waals surface area (Å²) < 4.78 is 47.8. The van der Waals surface area contributed by atoms with Crippen LogP contribution < -0.4 is 14.8 Å². The first-order valence-electron chi connectivity index (χ1n) is 10.4. The fourth-order valence-corrected chi connectivity index (χ4v) is 4.94. The van der Waals surface area contributed by atoms with Gasteiger partial charge in [0.2, 0.25) is 16.8 Å². The molecule has 0 unspecified atom stereocenters. The minimum atomic E-state index is -3.75. The number of carbonyl (C=O) groups excluding carboxylic acids is 2. The molecule has 1 amide bonds. The molecule has 0 aliphatic carbocycles. The van der Waals surface area contributed by atoms with E-state index in [9.17, 15) is 18.0 Å². The van der Waals surface area contributed by atoms with E-state index >= 15 is 0 Å². The average molecular weight is 477 g/mol. The molecule has 0 aromatic heterocycles. The van der Waals surface area contributed by atoms with Crippen LogP contribution in [0.1, 0.15) is 28.9 Å². The summed E-state index contributed by atoms with van der Waals surface area (Å²) in [6.07, 6.45) is 0. The van der Waals surface area contributed by atoms with Crippen molar-refractivity contribution >= 4 is 21.9 Å². The lowest BCUT2D eigenvalue weighted by atomic mass is 10.1. The highest BCUT2D eigenvalue weighted by Gasteiger charge is 2.27. The highest BCUT2D eigenvalue weighted by atomic mass is 32.2. The number of amides is 1. The molecular weight excluding hydrogens is 452 g/mol. The minimum Gasteiger partial charge on any atom is -0.454 e. The Morgan fingerprint density at radius 1 is 1.09 bits per heavy atom. The van der Waals surface area contributed by atoms with Crippen LogP contribution in [0, 0.1) is 0 Å². The van der Waals surface area contributed by atoms with Crippen molar-refractivity contribution in [1.82, 2.24) is 9.62 Å². The van der Waals surface area contributed by atoms with Crippen LogP contribution in [0.4, 0.5) is 0 Å². The predicted octanol–water partition coefficient (Wildman–Crippen LogP) is 1.47. The molecule has 33 heavy (non-hydrogen) atoms. The van der Waals surface area contributed by atoms with E-state index in [0.29, 0.717) is 24.7 Å². The number of ether oxygens (including phenoxy) is 4. The Morgan fingerprint density at radius 3 is 2.64 bits per heavy atom. The topological polar surface area (TPSA) is 120 Å². The first-order valence-corrected chi connectivity index (χ1v) is 11.8. The lowest BCUT2D eigenvalue weighted by Gasteiger charge is -2.26. The van der Waals surface area contributed by atoms with Crippen molar-refractivity contribution < 1.29 is 37.0 Å². The van der Waals surface area contributed by atoms with Crippen LogP contribution in [0.15, 0.2) is 47.4 Å². The van der Waals surface area contributed by atoms with Gasteiger partial charge in [-0.25, -0.2) is 13.2 Å². The zero-order chi connectivity index (χ0) is 23.4. The summed E-state index contributed by atoms with van der Waals surface area (Å²) in [6, 6.07) is 10.6. The number of benzene rings is 2. The van der Waals surface area contributed by atoms with Gasteiger partial charge in [-0.1, -0.05) is 12.1 Å². The summed E-state index contributed by atoms with van der Waals surface area (Å²) >= 11 is 0. The quantitative estimate of drug-likeness (QED) is 0.597. The van der Waals surface area contributed by atoms with Crippen LogP contribution >= 0.6 is 0 Å². The molecule has 10 nitrogen and oxygen atoms in total. The van der Waals surface area contributed by atoms with E-state index in [0.717, 1.165) is 5.56 Å². The summed E-state index contributed by atoms with van der Waals surface area (Å²) in [5.41, 5.74) is 0.848. The Balaban J connectivity index is 1.34. The number of hydrogen-bond donors (Lipinski definition) is 1. The summed E-state index contributed by atoms with van der Waals surface area (Å²) in [5.74, 6) is -0.0402. The molecule has 2 aromatic carbocycles. The van der Waals surface area contributed by atoms with Crippen molar-refractivity contribution in [3.8, 4) is 11.5 Å². The molecule has 0 bridgehead atoms. The molecule has 0 radical (unpaired) electrons. The number of carbonyl (C=O) groups is 2. The third-order valence-corrected chi connectivity index (χ3v) is 7.18. The smallest absolute Gasteiger partial charge is 0.338 e. The molecule has 1 fully saturated rings. The summed E-state index contributed by atoms with van der Waals surface area (Å²) in [7, 11) is -3.75. The van der Waals surface area contributed by atoms with Gasteiger partial charge in [-0.3, -0.25) is 4.79 Å². The molecule has 1 atom stereocenters.